The highest BCUT2D eigenvalue weighted by atomic mass is 32.2. The van der Waals surface area contributed by atoms with Gasteiger partial charge in [0.15, 0.2) is 5.96 Å². The first-order valence-electron chi connectivity index (χ1n) is 10.3. The Balaban J connectivity index is 1.73. The number of ether oxygens (including phenoxy) is 2. The summed E-state index contributed by atoms with van der Waals surface area (Å²) in [6.07, 6.45) is 3.30. The smallest absolute Gasteiger partial charge is 0.193 e. The van der Waals surface area contributed by atoms with Gasteiger partial charge in [0.25, 0.3) is 0 Å². The van der Waals surface area contributed by atoms with E-state index in [9.17, 15) is 4.21 Å². The van der Waals surface area contributed by atoms with E-state index in [4.69, 9.17) is 14.5 Å². The SMILES string of the molecule is CCNC(=NCCS(=O)Cc1ccccc1)N1CCC(OCCCOC)CC1. The summed E-state index contributed by atoms with van der Waals surface area (Å²) in [5.74, 6) is 2.11. The van der Waals surface area contributed by atoms with Gasteiger partial charge in [0.2, 0.25) is 0 Å². The Morgan fingerprint density at radius 1 is 1.25 bits per heavy atom. The molecule has 1 fully saturated rings. The number of nitrogens with zero attached hydrogens (tertiary/aromatic N) is 2. The van der Waals surface area contributed by atoms with Crippen LogP contribution in [0.25, 0.3) is 0 Å². The van der Waals surface area contributed by atoms with Crippen LogP contribution < -0.4 is 5.32 Å². The van der Waals surface area contributed by atoms with E-state index < -0.39 is 10.8 Å². The average molecular weight is 410 g/mol. The molecule has 1 N–H and O–H groups in total. The van der Waals surface area contributed by atoms with Crippen molar-refractivity contribution >= 4 is 16.8 Å². The van der Waals surface area contributed by atoms with E-state index in [0.717, 1.165) is 63.6 Å². The first-order chi connectivity index (χ1) is 13.7. The summed E-state index contributed by atoms with van der Waals surface area (Å²) in [6, 6.07) is 9.99. The molecule has 0 amide bonds. The number of piperidine rings is 1. The van der Waals surface area contributed by atoms with Crippen LogP contribution in [-0.4, -0.2) is 73.4 Å². The highest BCUT2D eigenvalue weighted by Crippen LogP contribution is 2.14. The molecule has 1 aromatic rings. The Labute approximate surface area is 172 Å². The maximum Gasteiger partial charge on any atom is 0.193 e. The molecule has 28 heavy (non-hydrogen) atoms. The summed E-state index contributed by atoms with van der Waals surface area (Å²) in [7, 11) is 0.828. The van der Waals surface area contributed by atoms with Crippen LogP contribution in [0.1, 0.15) is 31.7 Å². The molecule has 1 saturated heterocycles. The van der Waals surface area contributed by atoms with Gasteiger partial charge in [-0.3, -0.25) is 9.20 Å². The van der Waals surface area contributed by atoms with Crippen molar-refractivity contribution in [1.82, 2.24) is 10.2 Å². The number of rotatable bonds is 11. The molecular formula is C21H35N3O3S. The molecule has 1 aliphatic rings. The predicted molar refractivity (Wildman–Crippen MR) is 116 cm³/mol. The lowest BCUT2D eigenvalue weighted by molar-refractivity contribution is 0.00991. The van der Waals surface area contributed by atoms with Crippen LogP contribution >= 0.6 is 0 Å². The van der Waals surface area contributed by atoms with Gasteiger partial charge in [-0.2, -0.15) is 0 Å². The molecule has 0 spiro atoms. The molecule has 0 radical (unpaired) electrons. The van der Waals surface area contributed by atoms with E-state index in [0.29, 0.717) is 24.2 Å². The van der Waals surface area contributed by atoms with Crippen LogP contribution in [0, 0.1) is 0 Å². The van der Waals surface area contributed by atoms with E-state index in [2.05, 4.69) is 17.1 Å². The van der Waals surface area contributed by atoms with Crippen molar-refractivity contribution in [2.75, 3.05) is 52.3 Å². The summed E-state index contributed by atoms with van der Waals surface area (Å²) in [4.78, 5) is 7.00. The Morgan fingerprint density at radius 3 is 2.68 bits per heavy atom. The maximum atomic E-state index is 12.3. The summed E-state index contributed by atoms with van der Waals surface area (Å²) in [5, 5.41) is 3.37. The first-order valence-corrected chi connectivity index (χ1v) is 11.7. The minimum Gasteiger partial charge on any atom is -0.385 e. The molecule has 0 saturated carbocycles. The Hall–Kier alpha value is -1.44. The number of methoxy groups -OCH3 is 1. The van der Waals surface area contributed by atoms with Gasteiger partial charge in [0.05, 0.1) is 12.6 Å². The van der Waals surface area contributed by atoms with Gasteiger partial charge in [-0.1, -0.05) is 30.3 Å². The quantitative estimate of drug-likeness (QED) is 0.345. The number of hydrogen-bond donors (Lipinski definition) is 1. The van der Waals surface area contributed by atoms with Crippen molar-refractivity contribution in [1.29, 1.82) is 0 Å². The zero-order chi connectivity index (χ0) is 20.0. The number of aliphatic imine (C=N–C) groups is 1. The Kier molecular flexibility index (Phi) is 11.2. The van der Waals surface area contributed by atoms with E-state index in [1.165, 1.54) is 0 Å². The monoisotopic (exact) mass is 409 g/mol. The van der Waals surface area contributed by atoms with Crippen LogP contribution in [0.3, 0.4) is 0 Å². The van der Waals surface area contributed by atoms with E-state index in [1.54, 1.807) is 7.11 Å². The number of benzene rings is 1. The van der Waals surface area contributed by atoms with Gasteiger partial charge in [0, 0.05) is 62.3 Å². The van der Waals surface area contributed by atoms with E-state index in [1.807, 2.05) is 30.3 Å². The molecule has 1 heterocycles. The fraction of sp³-hybridized carbons (Fsp3) is 0.667. The number of nitrogens with one attached hydrogen (secondary N) is 1. The van der Waals surface area contributed by atoms with Gasteiger partial charge >= 0.3 is 0 Å². The second-order valence-electron chi connectivity index (χ2n) is 6.91. The molecule has 1 aliphatic heterocycles. The Morgan fingerprint density at radius 2 is 2.00 bits per heavy atom. The number of guanidine groups is 1. The molecule has 0 aromatic heterocycles. The van der Waals surface area contributed by atoms with E-state index in [-0.39, 0.29) is 0 Å². The van der Waals surface area contributed by atoms with Gasteiger partial charge in [-0.25, -0.2) is 0 Å². The van der Waals surface area contributed by atoms with E-state index >= 15 is 0 Å². The summed E-state index contributed by atoms with van der Waals surface area (Å²) in [6.45, 7) is 6.88. The van der Waals surface area contributed by atoms with Crippen LogP contribution in [0.2, 0.25) is 0 Å². The van der Waals surface area contributed by atoms with Crippen molar-refractivity contribution < 1.29 is 13.7 Å². The number of likely N-dealkylation sites (tertiary alicyclic amines) is 1. The second kappa shape index (κ2) is 13.7. The lowest BCUT2D eigenvalue weighted by atomic mass is 10.1. The zero-order valence-corrected chi connectivity index (χ0v) is 18.1. The third-order valence-corrected chi connectivity index (χ3v) is 5.97. The lowest BCUT2D eigenvalue weighted by Gasteiger charge is -2.34. The fourth-order valence-corrected chi connectivity index (χ4v) is 4.20. The minimum atomic E-state index is -0.891. The second-order valence-corrected chi connectivity index (χ2v) is 8.49. The zero-order valence-electron chi connectivity index (χ0n) is 17.3. The minimum absolute atomic E-state index is 0.328. The average Bonchev–Trinajstić information content (AvgIpc) is 2.72. The van der Waals surface area contributed by atoms with Gasteiger partial charge in [0.1, 0.15) is 0 Å². The van der Waals surface area contributed by atoms with Crippen molar-refractivity contribution in [2.24, 2.45) is 4.99 Å². The molecule has 2 rings (SSSR count). The molecule has 0 bridgehead atoms. The Bertz CT molecular complexity index is 590. The predicted octanol–water partition coefficient (Wildman–Crippen LogP) is 2.42. The standard InChI is InChI=1S/C21H35N3O3S/c1-3-22-21(23-12-17-28(25)18-19-8-5-4-6-9-19)24-13-10-20(11-14-24)27-16-7-15-26-2/h4-6,8-9,20H,3,7,10-18H2,1-2H3,(H,22,23). The van der Waals surface area contributed by atoms with Crippen molar-refractivity contribution in [3.63, 3.8) is 0 Å². The molecule has 1 atom stereocenters. The fourth-order valence-electron chi connectivity index (χ4n) is 3.20. The normalized spacial score (nSPS) is 16.9. The van der Waals surface area contributed by atoms with Crippen molar-refractivity contribution in [2.45, 2.75) is 38.0 Å². The number of hydrogen-bond acceptors (Lipinski definition) is 4. The first kappa shape index (κ1) is 22.8. The van der Waals surface area contributed by atoms with Crippen LogP contribution in [0.15, 0.2) is 35.3 Å². The van der Waals surface area contributed by atoms with Gasteiger partial charge in [-0.15, -0.1) is 0 Å². The largest absolute Gasteiger partial charge is 0.385 e. The van der Waals surface area contributed by atoms with Crippen molar-refractivity contribution in [3.8, 4) is 0 Å². The summed E-state index contributed by atoms with van der Waals surface area (Å²) >= 11 is 0. The van der Waals surface area contributed by atoms with Gasteiger partial charge in [-0.05, 0) is 31.7 Å². The topological polar surface area (TPSA) is 63.2 Å². The lowest BCUT2D eigenvalue weighted by Crippen LogP contribution is -2.47. The van der Waals surface area contributed by atoms with Crippen LogP contribution in [0.4, 0.5) is 0 Å². The highest BCUT2D eigenvalue weighted by molar-refractivity contribution is 7.84. The molecule has 7 heteroatoms. The molecule has 6 nitrogen and oxygen atoms in total. The third kappa shape index (κ3) is 8.71. The summed E-state index contributed by atoms with van der Waals surface area (Å²) in [5.41, 5.74) is 1.12. The highest BCUT2D eigenvalue weighted by Gasteiger charge is 2.21. The molecular weight excluding hydrogens is 374 g/mol. The maximum absolute atomic E-state index is 12.3. The molecule has 158 valence electrons. The van der Waals surface area contributed by atoms with Crippen LogP contribution in [0.5, 0.6) is 0 Å². The summed E-state index contributed by atoms with van der Waals surface area (Å²) < 4.78 is 23.3. The third-order valence-electron chi connectivity index (χ3n) is 4.67. The molecule has 0 aliphatic carbocycles. The molecule has 1 aromatic carbocycles. The van der Waals surface area contributed by atoms with Crippen molar-refractivity contribution in [3.05, 3.63) is 35.9 Å². The van der Waals surface area contributed by atoms with Crippen LogP contribution in [-0.2, 0) is 26.0 Å². The molecule has 1 unspecified atom stereocenters. The van der Waals surface area contributed by atoms with Gasteiger partial charge < -0.3 is 19.7 Å².